The molecule has 0 amide bonds. The minimum atomic E-state index is -2.92. The molecule has 0 aliphatic carbocycles. The molecule has 1 unspecified atom stereocenters. The van der Waals surface area contributed by atoms with Gasteiger partial charge in [-0.25, -0.2) is 0 Å². The first kappa shape index (κ1) is 11.3. The highest BCUT2D eigenvalue weighted by atomic mass is 31.2. The van der Waals surface area contributed by atoms with Gasteiger partial charge in [-0.2, -0.15) is 0 Å². The molecule has 0 saturated carbocycles. The van der Waals surface area contributed by atoms with Crippen molar-refractivity contribution in [3.63, 3.8) is 0 Å². The molecule has 1 aromatic carbocycles. The minimum absolute atomic E-state index is 0.288. The van der Waals surface area contributed by atoms with Gasteiger partial charge in [0.05, 0.1) is 13.2 Å². The first-order valence-corrected chi connectivity index (χ1v) is 6.68. The zero-order valence-electron chi connectivity index (χ0n) is 8.78. The average Bonchev–Trinajstić information content (AvgIpc) is 2.74. The summed E-state index contributed by atoms with van der Waals surface area (Å²) in [6, 6.07) is 9.87. The number of benzene rings is 1. The summed E-state index contributed by atoms with van der Waals surface area (Å²) in [5, 5.41) is 0. The summed E-state index contributed by atoms with van der Waals surface area (Å²) in [7, 11) is -2.92. The van der Waals surface area contributed by atoms with Crippen molar-refractivity contribution in [1.29, 1.82) is 0 Å². The van der Waals surface area contributed by atoms with Crippen LogP contribution in [0.5, 0.6) is 0 Å². The van der Waals surface area contributed by atoms with Gasteiger partial charge in [0, 0.05) is 5.82 Å². The first-order chi connectivity index (χ1) is 7.79. The van der Waals surface area contributed by atoms with Crippen LogP contribution in [0.15, 0.2) is 48.3 Å². The predicted molar refractivity (Wildman–Crippen MR) is 64.1 cm³/mol. The lowest BCUT2D eigenvalue weighted by Crippen LogP contribution is -1.88. The van der Waals surface area contributed by atoms with E-state index in [0.717, 1.165) is 5.56 Å². The van der Waals surface area contributed by atoms with E-state index < -0.39 is 7.60 Å². The lowest BCUT2D eigenvalue weighted by Gasteiger charge is -2.07. The lowest BCUT2D eigenvalue weighted by molar-refractivity contribution is 0.254. The number of hydrogen-bond donors (Lipinski definition) is 0. The van der Waals surface area contributed by atoms with E-state index in [0.29, 0.717) is 6.61 Å². The smallest absolute Gasteiger partial charge is 0.301 e. The molecule has 1 aromatic rings. The molecule has 2 rings (SSSR count). The molecule has 0 fully saturated rings. The van der Waals surface area contributed by atoms with Crippen molar-refractivity contribution in [2.75, 3.05) is 13.2 Å². The SMILES string of the molecule is O=P1(OC/C=C/c2ccccc2)C=CCO1. The molecule has 0 radical (unpaired) electrons. The second-order valence-electron chi connectivity index (χ2n) is 3.33. The predicted octanol–water partition coefficient (Wildman–Crippen LogP) is 3.45. The molecule has 3 nitrogen and oxygen atoms in total. The van der Waals surface area contributed by atoms with E-state index in [1.165, 1.54) is 5.82 Å². The molecule has 1 atom stereocenters. The summed E-state index contributed by atoms with van der Waals surface area (Å²) < 4.78 is 21.8. The normalized spacial score (nSPS) is 24.2. The molecule has 1 heterocycles. The second kappa shape index (κ2) is 5.26. The molecule has 16 heavy (non-hydrogen) atoms. The molecule has 1 aliphatic rings. The van der Waals surface area contributed by atoms with Crippen LogP contribution in [0.25, 0.3) is 6.08 Å². The maximum absolute atomic E-state index is 11.7. The Labute approximate surface area is 94.9 Å². The van der Waals surface area contributed by atoms with Crippen molar-refractivity contribution in [3.05, 3.63) is 53.9 Å². The fourth-order valence-corrected chi connectivity index (χ4v) is 2.52. The third-order valence-electron chi connectivity index (χ3n) is 2.10. The minimum Gasteiger partial charge on any atom is -0.301 e. The zero-order chi connectivity index (χ0) is 11.3. The van der Waals surface area contributed by atoms with Gasteiger partial charge in [-0.3, -0.25) is 4.57 Å². The van der Waals surface area contributed by atoms with Crippen LogP contribution in [0.2, 0.25) is 0 Å². The zero-order valence-corrected chi connectivity index (χ0v) is 9.68. The topological polar surface area (TPSA) is 35.5 Å². The lowest BCUT2D eigenvalue weighted by atomic mass is 10.2. The summed E-state index contributed by atoms with van der Waals surface area (Å²) in [6.45, 7) is 0.663. The Hall–Kier alpha value is -1.15. The largest absolute Gasteiger partial charge is 0.354 e. The van der Waals surface area contributed by atoms with E-state index in [1.54, 1.807) is 6.08 Å². The summed E-state index contributed by atoms with van der Waals surface area (Å²) in [5.41, 5.74) is 1.09. The van der Waals surface area contributed by atoms with Crippen LogP contribution in [-0.4, -0.2) is 13.2 Å². The van der Waals surface area contributed by atoms with Gasteiger partial charge in [-0.05, 0) is 5.56 Å². The quantitative estimate of drug-likeness (QED) is 0.751. The van der Waals surface area contributed by atoms with E-state index >= 15 is 0 Å². The highest BCUT2D eigenvalue weighted by Crippen LogP contribution is 2.52. The fraction of sp³-hybridized carbons (Fsp3) is 0.167. The van der Waals surface area contributed by atoms with Crippen LogP contribution < -0.4 is 0 Å². The van der Waals surface area contributed by atoms with Crippen molar-refractivity contribution in [2.45, 2.75) is 0 Å². The molecule has 1 aliphatic heterocycles. The van der Waals surface area contributed by atoms with Gasteiger partial charge in [-0.15, -0.1) is 0 Å². The van der Waals surface area contributed by atoms with E-state index in [2.05, 4.69) is 0 Å². The summed E-state index contributed by atoms with van der Waals surface area (Å²) in [4.78, 5) is 0. The maximum atomic E-state index is 11.7. The highest BCUT2D eigenvalue weighted by Gasteiger charge is 2.23. The van der Waals surface area contributed by atoms with E-state index in [-0.39, 0.29) is 6.61 Å². The van der Waals surface area contributed by atoms with Gasteiger partial charge in [-0.1, -0.05) is 48.6 Å². The Bertz CT molecular complexity index is 437. The van der Waals surface area contributed by atoms with Crippen molar-refractivity contribution >= 4 is 13.7 Å². The molecule has 84 valence electrons. The van der Waals surface area contributed by atoms with Crippen molar-refractivity contribution < 1.29 is 13.6 Å². The van der Waals surface area contributed by atoms with Gasteiger partial charge >= 0.3 is 7.60 Å². The van der Waals surface area contributed by atoms with Gasteiger partial charge in [0.1, 0.15) is 0 Å². The van der Waals surface area contributed by atoms with Crippen LogP contribution in [0.4, 0.5) is 0 Å². The highest BCUT2D eigenvalue weighted by molar-refractivity contribution is 7.57. The molecule has 0 aromatic heterocycles. The Balaban J connectivity index is 1.82. The van der Waals surface area contributed by atoms with Gasteiger partial charge in [0.15, 0.2) is 0 Å². The van der Waals surface area contributed by atoms with Crippen LogP contribution in [0.1, 0.15) is 5.56 Å². The summed E-state index contributed by atoms with van der Waals surface area (Å²) in [5.74, 6) is 1.50. The molecule has 0 saturated heterocycles. The molecule has 0 spiro atoms. The standard InChI is InChI=1S/C12H13O3P/c13-16(11-5-10-15-16)14-9-4-8-12-6-2-1-3-7-12/h1-8,11H,9-10H2/b8-4+. The molecular weight excluding hydrogens is 223 g/mol. The first-order valence-electron chi connectivity index (χ1n) is 5.07. The van der Waals surface area contributed by atoms with Crippen molar-refractivity contribution in [2.24, 2.45) is 0 Å². The summed E-state index contributed by atoms with van der Waals surface area (Å²) >= 11 is 0. The average molecular weight is 236 g/mol. The number of rotatable bonds is 4. The molecule has 4 heteroatoms. The Morgan fingerprint density at radius 2 is 2.19 bits per heavy atom. The number of hydrogen-bond acceptors (Lipinski definition) is 3. The Kier molecular flexibility index (Phi) is 3.73. The van der Waals surface area contributed by atoms with Gasteiger partial charge < -0.3 is 9.05 Å². The molecule has 0 N–H and O–H groups in total. The van der Waals surface area contributed by atoms with Gasteiger partial charge in [0.2, 0.25) is 0 Å². The van der Waals surface area contributed by atoms with Gasteiger partial charge in [0.25, 0.3) is 0 Å². The third kappa shape index (κ3) is 3.17. The third-order valence-corrected chi connectivity index (χ3v) is 3.69. The maximum Gasteiger partial charge on any atom is 0.354 e. The Morgan fingerprint density at radius 1 is 1.38 bits per heavy atom. The monoisotopic (exact) mass is 236 g/mol. The van der Waals surface area contributed by atoms with Crippen LogP contribution >= 0.6 is 7.60 Å². The fourth-order valence-electron chi connectivity index (χ4n) is 1.34. The summed E-state index contributed by atoms with van der Waals surface area (Å²) in [6.07, 6.45) is 5.46. The molecule has 0 bridgehead atoms. The van der Waals surface area contributed by atoms with Crippen molar-refractivity contribution in [3.8, 4) is 0 Å². The van der Waals surface area contributed by atoms with Crippen molar-refractivity contribution in [1.82, 2.24) is 0 Å². The Morgan fingerprint density at radius 3 is 2.88 bits per heavy atom. The molecular formula is C12H13O3P. The second-order valence-corrected chi connectivity index (χ2v) is 5.22. The van der Waals surface area contributed by atoms with Crippen LogP contribution in [0.3, 0.4) is 0 Å². The van der Waals surface area contributed by atoms with E-state index in [4.69, 9.17) is 9.05 Å². The van der Waals surface area contributed by atoms with E-state index in [9.17, 15) is 4.57 Å². The van der Waals surface area contributed by atoms with Crippen LogP contribution in [-0.2, 0) is 13.6 Å². The van der Waals surface area contributed by atoms with E-state index in [1.807, 2.05) is 42.5 Å². The van der Waals surface area contributed by atoms with Crippen LogP contribution in [0, 0.1) is 0 Å².